The first kappa shape index (κ1) is 29.9. The number of nitrogens with zero attached hydrogens (tertiary/aromatic N) is 1. The summed E-state index contributed by atoms with van der Waals surface area (Å²) in [6.07, 6.45) is 5.02. The van der Waals surface area contributed by atoms with Crippen LogP contribution in [-0.4, -0.2) is 43.6 Å². The molecule has 3 unspecified atom stereocenters. The Balaban J connectivity index is 1.22. The summed E-state index contributed by atoms with van der Waals surface area (Å²) in [6.45, 7) is 2.14. The van der Waals surface area contributed by atoms with Gasteiger partial charge in [-0.3, -0.25) is 4.90 Å². The molecule has 3 atom stereocenters. The van der Waals surface area contributed by atoms with Crippen LogP contribution in [0.3, 0.4) is 0 Å². The van der Waals surface area contributed by atoms with E-state index in [0.717, 1.165) is 56.3 Å². The second-order valence-corrected chi connectivity index (χ2v) is 12.4. The van der Waals surface area contributed by atoms with Gasteiger partial charge in [0.05, 0.1) is 18.7 Å². The van der Waals surface area contributed by atoms with E-state index in [0.29, 0.717) is 29.8 Å². The Bertz CT molecular complexity index is 1360. The molecular formula is C35H40F4N2O2. The Morgan fingerprint density at radius 2 is 1.70 bits per heavy atom. The SMILES string of the molecule is Fc1cc(OC2CCCC3(CCCNC3)CC2)cc(F)c1C1c2ccc(OCc3ccccc3)cc2CCN1CC(F)F. The van der Waals surface area contributed by atoms with Crippen LogP contribution in [0.4, 0.5) is 17.6 Å². The van der Waals surface area contributed by atoms with E-state index in [1.807, 2.05) is 36.4 Å². The van der Waals surface area contributed by atoms with Crippen molar-refractivity contribution in [1.29, 1.82) is 0 Å². The van der Waals surface area contributed by atoms with Crippen molar-refractivity contribution < 1.29 is 27.0 Å². The largest absolute Gasteiger partial charge is 0.490 e. The molecule has 3 aromatic rings. The summed E-state index contributed by atoms with van der Waals surface area (Å²) >= 11 is 0. The lowest BCUT2D eigenvalue weighted by atomic mass is 9.75. The van der Waals surface area contributed by atoms with Crippen molar-refractivity contribution >= 4 is 0 Å². The van der Waals surface area contributed by atoms with Gasteiger partial charge in [-0.25, -0.2) is 17.6 Å². The first-order chi connectivity index (χ1) is 20.9. The molecule has 1 N–H and O–H groups in total. The monoisotopic (exact) mass is 596 g/mol. The summed E-state index contributed by atoms with van der Waals surface area (Å²) in [6, 6.07) is 16.6. The molecule has 0 radical (unpaired) electrons. The normalized spacial score (nSPS) is 24.5. The molecule has 0 bridgehead atoms. The molecule has 2 aliphatic heterocycles. The van der Waals surface area contributed by atoms with Crippen LogP contribution in [0.2, 0.25) is 0 Å². The molecule has 4 nitrogen and oxygen atoms in total. The first-order valence-corrected chi connectivity index (χ1v) is 15.6. The van der Waals surface area contributed by atoms with Crippen LogP contribution in [0.25, 0.3) is 0 Å². The third-order valence-electron chi connectivity index (χ3n) is 9.48. The maximum atomic E-state index is 15.8. The molecule has 0 amide bonds. The summed E-state index contributed by atoms with van der Waals surface area (Å²) in [4.78, 5) is 1.47. The van der Waals surface area contributed by atoms with Crippen molar-refractivity contribution in [2.45, 2.75) is 76.5 Å². The number of rotatable bonds is 8. The van der Waals surface area contributed by atoms with Crippen LogP contribution in [0, 0.1) is 17.0 Å². The summed E-state index contributed by atoms with van der Waals surface area (Å²) in [5.74, 6) is -0.777. The summed E-state index contributed by atoms with van der Waals surface area (Å²) < 4.78 is 71.1. The molecule has 0 aromatic heterocycles. The topological polar surface area (TPSA) is 33.7 Å². The minimum Gasteiger partial charge on any atom is -0.490 e. The van der Waals surface area contributed by atoms with Crippen LogP contribution in [0.1, 0.15) is 73.2 Å². The molecule has 1 spiro atoms. The standard InChI is InChI=1S/C35H40F4N2O2/c36-30-19-28(43-26-8-4-13-35(15-11-26)14-5-16-40-23-35)20-31(37)33(30)34-29-10-9-27(42-22-24-6-2-1-3-7-24)18-25(29)12-17-41(34)21-32(38)39/h1-3,6-7,9-10,18-20,26,32,34,40H,4-5,8,11-17,21-23H2. The van der Waals surface area contributed by atoms with Gasteiger partial charge >= 0.3 is 0 Å². The quantitative estimate of drug-likeness (QED) is 0.269. The fraction of sp³-hybridized carbons (Fsp3) is 0.486. The van der Waals surface area contributed by atoms with Gasteiger partial charge in [0, 0.05) is 30.8 Å². The lowest BCUT2D eigenvalue weighted by Gasteiger charge is -2.38. The zero-order chi connectivity index (χ0) is 29.8. The molecule has 1 saturated heterocycles. The highest BCUT2D eigenvalue weighted by Crippen LogP contribution is 2.43. The van der Waals surface area contributed by atoms with Crippen LogP contribution in [-0.2, 0) is 13.0 Å². The lowest BCUT2D eigenvalue weighted by Crippen LogP contribution is -2.40. The predicted molar refractivity (Wildman–Crippen MR) is 159 cm³/mol. The summed E-state index contributed by atoms with van der Waals surface area (Å²) in [5, 5.41) is 3.53. The van der Waals surface area contributed by atoms with Gasteiger partial charge in [0.2, 0.25) is 0 Å². The van der Waals surface area contributed by atoms with Crippen LogP contribution < -0.4 is 14.8 Å². The third-order valence-corrected chi connectivity index (χ3v) is 9.48. The second kappa shape index (κ2) is 13.3. The minimum atomic E-state index is -2.64. The number of halogens is 4. The van der Waals surface area contributed by atoms with Gasteiger partial charge in [-0.15, -0.1) is 0 Å². The van der Waals surface area contributed by atoms with Gasteiger partial charge < -0.3 is 14.8 Å². The smallest absolute Gasteiger partial charge is 0.251 e. The average molecular weight is 597 g/mol. The number of benzene rings is 3. The highest BCUT2D eigenvalue weighted by Gasteiger charge is 2.37. The van der Waals surface area contributed by atoms with Crippen molar-refractivity contribution in [1.82, 2.24) is 10.2 Å². The zero-order valence-corrected chi connectivity index (χ0v) is 24.5. The molecule has 2 heterocycles. The fourth-order valence-electron chi connectivity index (χ4n) is 7.30. The Morgan fingerprint density at radius 3 is 2.44 bits per heavy atom. The van der Waals surface area contributed by atoms with Gasteiger partial charge in [0.1, 0.15) is 29.7 Å². The molecule has 1 aliphatic carbocycles. The molecule has 3 aliphatic rings. The van der Waals surface area contributed by atoms with Crippen molar-refractivity contribution in [2.24, 2.45) is 5.41 Å². The molecular weight excluding hydrogens is 556 g/mol. The number of fused-ring (bicyclic) bond motifs is 1. The lowest BCUT2D eigenvalue weighted by molar-refractivity contribution is 0.0685. The number of nitrogens with one attached hydrogen (secondary N) is 1. The molecule has 230 valence electrons. The van der Waals surface area contributed by atoms with Gasteiger partial charge in [-0.2, -0.15) is 0 Å². The molecule has 43 heavy (non-hydrogen) atoms. The van der Waals surface area contributed by atoms with Crippen LogP contribution in [0.15, 0.2) is 60.7 Å². The molecule has 3 aromatic carbocycles. The zero-order valence-electron chi connectivity index (χ0n) is 24.5. The number of ether oxygens (including phenoxy) is 2. The van der Waals surface area contributed by atoms with Gasteiger partial charge in [-0.05, 0) is 92.1 Å². The Labute approximate surface area is 251 Å². The number of alkyl halides is 2. The van der Waals surface area contributed by atoms with Gasteiger partial charge in [0.25, 0.3) is 6.43 Å². The van der Waals surface area contributed by atoms with Crippen LogP contribution >= 0.6 is 0 Å². The highest BCUT2D eigenvalue weighted by atomic mass is 19.3. The van der Waals surface area contributed by atoms with Crippen molar-refractivity contribution in [3.8, 4) is 11.5 Å². The van der Waals surface area contributed by atoms with E-state index >= 15 is 8.78 Å². The summed E-state index contributed by atoms with van der Waals surface area (Å²) in [7, 11) is 0. The Kier molecular flexibility index (Phi) is 9.24. The van der Waals surface area contributed by atoms with Crippen LogP contribution in [0.5, 0.6) is 11.5 Å². The van der Waals surface area contributed by atoms with Crippen molar-refractivity contribution in [2.75, 3.05) is 26.2 Å². The maximum Gasteiger partial charge on any atom is 0.251 e. The number of piperidine rings is 1. The third kappa shape index (κ3) is 7.01. The van der Waals surface area contributed by atoms with E-state index in [2.05, 4.69) is 5.32 Å². The van der Waals surface area contributed by atoms with E-state index in [4.69, 9.17) is 9.47 Å². The Morgan fingerprint density at radius 1 is 0.907 bits per heavy atom. The van der Waals surface area contributed by atoms with Crippen molar-refractivity contribution in [3.05, 3.63) is 94.6 Å². The molecule has 1 saturated carbocycles. The predicted octanol–water partition coefficient (Wildman–Crippen LogP) is 7.84. The van der Waals surface area contributed by atoms with Gasteiger partial charge in [0.15, 0.2) is 0 Å². The molecule has 2 fully saturated rings. The number of hydrogen-bond donors (Lipinski definition) is 1. The van der Waals surface area contributed by atoms with Crippen molar-refractivity contribution in [3.63, 3.8) is 0 Å². The highest BCUT2D eigenvalue weighted by molar-refractivity contribution is 5.46. The molecule has 8 heteroatoms. The van der Waals surface area contributed by atoms with E-state index in [-0.39, 0.29) is 24.0 Å². The van der Waals surface area contributed by atoms with Gasteiger partial charge in [-0.1, -0.05) is 36.4 Å². The average Bonchev–Trinajstić information content (AvgIpc) is 3.18. The van der Waals surface area contributed by atoms with E-state index in [1.54, 1.807) is 12.1 Å². The van der Waals surface area contributed by atoms with E-state index < -0.39 is 30.6 Å². The maximum absolute atomic E-state index is 15.8. The minimum absolute atomic E-state index is 0.106. The Hall–Kier alpha value is -3.10. The van der Waals surface area contributed by atoms with E-state index in [1.165, 1.54) is 29.9 Å². The first-order valence-electron chi connectivity index (χ1n) is 15.6. The number of hydrogen-bond acceptors (Lipinski definition) is 4. The fourth-order valence-corrected chi connectivity index (χ4v) is 7.30. The molecule has 6 rings (SSSR count). The van der Waals surface area contributed by atoms with E-state index in [9.17, 15) is 8.78 Å². The second-order valence-electron chi connectivity index (χ2n) is 12.4. The summed E-state index contributed by atoms with van der Waals surface area (Å²) in [5.41, 5.74) is 2.54.